The first-order valence-electron chi connectivity index (χ1n) is 12.9. The molecule has 2 heterocycles. The molecule has 1 aliphatic heterocycles. The van der Waals surface area contributed by atoms with Crippen molar-refractivity contribution < 1.29 is 24.2 Å². The van der Waals surface area contributed by atoms with Crippen LogP contribution in [-0.2, 0) is 4.74 Å². The van der Waals surface area contributed by atoms with Crippen molar-refractivity contribution in [1.82, 2.24) is 20.0 Å². The van der Waals surface area contributed by atoms with E-state index >= 15 is 0 Å². The van der Waals surface area contributed by atoms with Crippen LogP contribution in [-0.4, -0.2) is 68.7 Å². The van der Waals surface area contributed by atoms with Crippen molar-refractivity contribution in [2.75, 3.05) is 19.8 Å². The van der Waals surface area contributed by atoms with E-state index < -0.39 is 11.1 Å². The third kappa shape index (κ3) is 4.67. The molecule has 5 fully saturated rings. The number of nitrogens with zero attached hydrogens (tertiary/aromatic N) is 3. The van der Waals surface area contributed by atoms with Crippen LogP contribution in [0.1, 0.15) is 70.2 Å². The van der Waals surface area contributed by atoms with Gasteiger partial charge in [-0.15, -0.1) is 0 Å². The Morgan fingerprint density at radius 3 is 2.66 bits per heavy atom. The quantitative estimate of drug-likeness (QED) is 0.584. The minimum Gasteiger partial charge on any atom is -0.477 e. The van der Waals surface area contributed by atoms with Gasteiger partial charge in [0.1, 0.15) is 12.2 Å². The molecule has 0 aromatic carbocycles. The highest BCUT2D eigenvalue weighted by Gasteiger charge is 2.55. The minimum absolute atomic E-state index is 0.0799. The number of amides is 2. The topological polar surface area (TPSA) is 106 Å². The van der Waals surface area contributed by atoms with Gasteiger partial charge in [0.25, 0.3) is 5.91 Å². The normalized spacial score (nSPS) is 32.1. The molecule has 0 spiro atoms. The van der Waals surface area contributed by atoms with Crippen LogP contribution in [0, 0.1) is 23.7 Å². The van der Waals surface area contributed by atoms with Crippen LogP contribution in [0.2, 0.25) is 0 Å². The van der Waals surface area contributed by atoms with Gasteiger partial charge in [0.05, 0.1) is 30.5 Å². The Balaban J connectivity index is 1.35. The maximum absolute atomic E-state index is 13.4. The SMILES string of the molecule is CC(C)COc1c(C(=O)NC2C3CC4CC2CC(O)(C4)C3)cnn1/C=C/C(C)(C)N1CCOC1=O. The van der Waals surface area contributed by atoms with E-state index in [0.717, 1.165) is 32.1 Å². The number of nitrogens with one attached hydrogen (secondary N) is 1. The van der Waals surface area contributed by atoms with Gasteiger partial charge in [-0.1, -0.05) is 13.8 Å². The van der Waals surface area contributed by atoms with Gasteiger partial charge >= 0.3 is 6.09 Å². The standard InChI is InChI=1S/C26H38N4O5/c1-16(2)15-35-23-20(14-27-30(23)6-5-25(3,4)29-7-8-34-24(29)32)22(31)28-21-18-9-17-10-19(21)13-26(33,11-17)12-18/h5-6,14,16-19,21,33H,7-13,15H2,1-4H3,(H,28,31)/b6-5+. The van der Waals surface area contributed by atoms with Crippen molar-refractivity contribution in [1.29, 1.82) is 0 Å². The second-order valence-electron chi connectivity index (χ2n) is 11.9. The molecule has 35 heavy (non-hydrogen) atoms. The first-order valence-corrected chi connectivity index (χ1v) is 12.9. The average molecular weight is 487 g/mol. The summed E-state index contributed by atoms with van der Waals surface area (Å²) < 4.78 is 12.7. The summed E-state index contributed by atoms with van der Waals surface area (Å²) in [5, 5.41) is 18.6. The molecular weight excluding hydrogens is 448 g/mol. The first-order chi connectivity index (χ1) is 16.5. The number of rotatable bonds is 8. The molecule has 2 N–H and O–H groups in total. The molecule has 1 aromatic heterocycles. The lowest BCUT2D eigenvalue weighted by Gasteiger charge is -2.58. The average Bonchev–Trinajstić information content (AvgIpc) is 3.38. The molecule has 5 aliphatic rings. The number of hydrogen-bond acceptors (Lipinski definition) is 6. The predicted octanol–water partition coefficient (Wildman–Crippen LogP) is 3.29. The van der Waals surface area contributed by atoms with Gasteiger partial charge in [0.15, 0.2) is 0 Å². The van der Waals surface area contributed by atoms with Crippen LogP contribution >= 0.6 is 0 Å². The molecule has 9 nitrogen and oxygen atoms in total. The summed E-state index contributed by atoms with van der Waals surface area (Å²) >= 11 is 0. The number of carbonyl (C=O) groups excluding carboxylic acids is 2. The maximum Gasteiger partial charge on any atom is 0.410 e. The number of carbonyl (C=O) groups is 2. The fourth-order valence-electron chi connectivity index (χ4n) is 6.71. The number of ether oxygens (including phenoxy) is 2. The lowest BCUT2D eigenvalue weighted by Crippen LogP contribution is -2.61. The summed E-state index contributed by atoms with van der Waals surface area (Å²) in [4.78, 5) is 27.1. The number of aromatic nitrogens is 2. The zero-order chi connectivity index (χ0) is 25.0. The van der Waals surface area contributed by atoms with E-state index in [9.17, 15) is 14.7 Å². The summed E-state index contributed by atoms with van der Waals surface area (Å²) in [5.74, 6) is 1.72. The molecule has 4 saturated carbocycles. The molecule has 2 amide bonds. The van der Waals surface area contributed by atoms with Crippen LogP contribution in [0.4, 0.5) is 4.79 Å². The highest BCUT2D eigenvalue weighted by atomic mass is 16.6. The molecule has 6 rings (SSSR count). The van der Waals surface area contributed by atoms with Crippen LogP contribution in [0.5, 0.6) is 5.88 Å². The summed E-state index contributed by atoms with van der Waals surface area (Å²) in [6.45, 7) is 9.33. The largest absolute Gasteiger partial charge is 0.477 e. The highest BCUT2D eigenvalue weighted by Crippen LogP contribution is 2.55. The van der Waals surface area contributed by atoms with E-state index in [1.165, 1.54) is 0 Å². The van der Waals surface area contributed by atoms with Gasteiger partial charge in [0, 0.05) is 12.2 Å². The molecule has 4 aliphatic carbocycles. The Bertz CT molecular complexity index is 999. The van der Waals surface area contributed by atoms with Crippen molar-refractivity contribution in [2.45, 2.75) is 77.0 Å². The smallest absolute Gasteiger partial charge is 0.410 e. The fraction of sp³-hybridized carbons (Fsp3) is 0.731. The summed E-state index contributed by atoms with van der Waals surface area (Å²) in [7, 11) is 0. The van der Waals surface area contributed by atoms with Gasteiger partial charge in [-0.3, -0.25) is 9.69 Å². The minimum atomic E-state index is -0.585. The Morgan fingerprint density at radius 1 is 1.34 bits per heavy atom. The van der Waals surface area contributed by atoms with Crippen LogP contribution in [0.15, 0.2) is 12.3 Å². The molecule has 4 bridgehead atoms. The van der Waals surface area contributed by atoms with E-state index in [2.05, 4.69) is 24.3 Å². The maximum atomic E-state index is 13.4. The van der Waals surface area contributed by atoms with Crippen molar-refractivity contribution >= 4 is 18.2 Å². The van der Waals surface area contributed by atoms with E-state index in [4.69, 9.17) is 9.47 Å². The summed E-state index contributed by atoms with van der Waals surface area (Å²) in [6.07, 6.45) is 9.46. The number of cyclic esters (lactones) is 1. The van der Waals surface area contributed by atoms with Gasteiger partial charge in [0.2, 0.25) is 5.88 Å². The zero-order valence-corrected chi connectivity index (χ0v) is 21.2. The van der Waals surface area contributed by atoms with Crippen LogP contribution < -0.4 is 10.1 Å². The second kappa shape index (κ2) is 8.84. The van der Waals surface area contributed by atoms with E-state index in [1.807, 2.05) is 19.9 Å². The van der Waals surface area contributed by atoms with Gasteiger partial charge in [-0.05, 0) is 75.7 Å². The fourth-order valence-corrected chi connectivity index (χ4v) is 6.71. The highest BCUT2D eigenvalue weighted by molar-refractivity contribution is 5.96. The lowest BCUT2D eigenvalue weighted by atomic mass is 9.52. The van der Waals surface area contributed by atoms with Gasteiger partial charge in [-0.25, -0.2) is 9.48 Å². The molecule has 2 unspecified atom stereocenters. The summed E-state index contributed by atoms with van der Waals surface area (Å²) in [6, 6.07) is 0.0799. The Hall–Kier alpha value is -2.55. The van der Waals surface area contributed by atoms with Crippen LogP contribution in [0.3, 0.4) is 0 Å². The van der Waals surface area contributed by atoms with Gasteiger partial charge in [-0.2, -0.15) is 5.10 Å². The molecule has 1 saturated heterocycles. The van der Waals surface area contributed by atoms with Crippen LogP contribution in [0.25, 0.3) is 6.20 Å². The molecule has 192 valence electrons. The Kier molecular flexibility index (Phi) is 6.10. The Morgan fingerprint density at radius 2 is 2.06 bits per heavy atom. The molecule has 0 radical (unpaired) electrons. The monoisotopic (exact) mass is 486 g/mol. The predicted molar refractivity (Wildman–Crippen MR) is 130 cm³/mol. The molecule has 1 aromatic rings. The van der Waals surface area contributed by atoms with Crippen molar-refractivity contribution in [3.8, 4) is 5.88 Å². The van der Waals surface area contributed by atoms with Crippen molar-refractivity contribution in [3.05, 3.63) is 17.8 Å². The van der Waals surface area contributed by atoms with E-state index in [0.29, 0.717) is 49.0 Å². The third-order valence-electron chi connectivity index (χ3n) is 8.17. The lowest BCUT2D eigenvalue weighted by molar-refractivity contribution is -0.136. The molecule has 9 heteroatoms. The first kappa shape index (κ1) is 24.2. The van der Waals surface area contributed by atoms with E-state index in [1.54, 1.807) is 22.0 Å². The summed E-state index contributed by atoms with van der Waals surface area (Å²) in [5.41, 5.74) is -0.716. The van der Waals surface area contributed by atoms with E-state index in [-0.39, 0.29) is 24.0 Å². The second-order valence-corrected chi connectivity index (χ2v) is 11.9. The molecule has 2 atom stereocenters. The zero-order valence-electron chi connectivity index (χ0n) is 21.2. The number of aliphatic hydroxyl groups is 1. The van der Waals surface area contributed by atoms with Crippen molar-refractivity contribution in [3.63, 3.8) is 0 Å². The van der Waals surface area contributed by atoms with Crippen molar-refractivity contribution in [2.24, 2.45) is 23.7 Å². The Labute approximate surface area is 206 Å². The number of hydrogen-bond donors (Lipinski definition) is 2. The molecular formula is C26H38N4O5. The third-order valence-corrected chi connectivity index (χ3v) is 8.17. The van der Waals surface area contributed by atoms with Gasteiger partial charge < -0.3 is 19.9 Å².